The van der Waals surface area contributed by atoms with Crippen LogP contribution in [0.4, 0.5) is 27.5 Å². The van der Waals surface area contributed by atoms with E-state index in [1.807, 2.05) is 45.2 Å². The van der Waals surface area contributed by atoms with Gasteiger partial charge in [-0.05, 0) is 149 Å². The molecule has 0 saturated carbocycles. The lowest BCUT2D eigenvalue weighted by Crippen LogP contribution is -2.38. The lowest BCUT2D eigenvalue weighted by Gasteiger charge is -2.23. The first kappa shape index (κ1) is 60.9. The molecule has 0 aromatic heterocycles. The fraction of sp³-hybridized carbons (Fsp3) is 0.410. The van der Waals surface area contributed by atoms with Gasteiger partial charge in [0.1, 0.15) is 13.2 Å². The molecular formula is C39H42I6N6O17. The van der Waals surface area contributed by atoms with E-state index in [1.165, 1.54) is 13.8 Å². The number of urea groups is 1. The molecule has 0 spiro atoms. The maximum atomic E-state index is 14.2. The Morgan fingerprint density at radius 3 is 0.956 bits per heavy atom. The first-order valence-electron chi connectivity index (χ1n) is 19.2. The SMILES string of the molecule is CC(=O)OCC(CNC(=O)c1c(I)c(NC(=O)Nc2c(I)c(NC(=O)C(C)OC(C)=O)c(I)c(C(=O)NCC(COC(C)=O)OC(C)=O)c2I)c(I)c(NC(=O)C(C)OC(C)=O)c1I)OC(C)=O. The molecule has 0 saturated heterocycles. The molecule has 0 bridgehead atoms. The maximum absolute atomic E-state index is 14.2. The van der Waals surface area contributed by atoms with Gasteiger partial charge in [-0.3, -0.25) is 47.9 Å². The summed E-state index contributed by atoms with van der Waals surface area (Å²) in [7, 11) is 0. The number of carbonyl (C=O) groups excluding carboxylic acids is 11. The van der Waals surface area contributed by atoms with Crippen molar-refractivity contribution in [1.29, 1.82) is 0 Å². The number of anilines is 4. The van der Waals surface area contributed by atoms with Gasteiger partial charge in [0.15, 0.2) is 24.4 Å². The third-order valence-electron chi connectivity index (χ3n) is 8.08. The Labute approximate surface area is 470 Å². The second kappa shape index (κ2) is 28.6. The number of esters is 6. The van der Waals surface area contributed by atoms with E-state index in [1.54, 1.807) is 90.4 Å². The van der Waals surface area contributed by atoms with Gasteiger partial charge >= 0.3 is 41.8 Å². The van der Waals surface area contributed by atoms with Crippen molar-refractivity contribution in [3.05, 3.63) is 32.5 Å². The van der Waals surface area contributed by atoms with Crippen LogP contribution in [0.1, 0.15) is 76.1 Å². The number of benzene rings is 2. The minimum atomic E-state index is -1.30. The Hall–Kier alpha value is -3.21. The van der Waals surface area contributed by atoms with Gasteiger partial charge in [-0.1, -0.05) is 0 Å². The monoisotopic (exact) mass is 1630 g/mol. The lowest BCUT2D eigenvalue weighted by molar-refractivity contribution is -0.155. The fourth-order valence-corrected chi connectivity index (χ4v) is 13.6. The number of ether oxygens (including phenoxy) is 6. The van der Waals surface area contributed by atoms with Crippen LogP contribution in [0.5, 0.6) is 0 Å². The summed E-state index contributed by atoms with van der Waals surface area (Å²) >= 11 is 10.9. The molecule has 6 amide bonds. The average Bonchev–Trinajstić information content (AvgIpc) is 3.22. The van der Waals surface area contributed by atoms with Gasteiger partial charge in [0.25, 0.3) is 23.6 Å². The quantitative estimate of drug-likeness (QED) is 0.0565. The highest BCUT2D eigenvalue weighted by Crippen LogP contribution is 2.41. The van der Waals surface area contributed by atoms with E-state index in [0.29, 0.717) is 0 Å². The van der Waals surface area contributed by atoms with Gasteiger partial charge in [0, 0.05) is 41.5 Å². The van der Waals surface area contributed by atoms with E-state index < -0.39 is 89.9 Å². The number of halogens is 6. The van der Waals surface area contributed by atoms with Crippen LogP contribution in [0.2, 0.25) is 0 Å². The summed E-state index contributed by atoms with van der Waals surface area (Å²) in [6.07, 6.45) is -4.81. The molecule has 4 unspecified atom stereocenters. The van der Waals surface area contributed by atoms with Crippen molar-refractivity contribution in [3.63, 3.8) is 0 Å². The van der Waals surface area contributed by atoms with Crippen molar-refractivity contribution in [2.45, 2.75) is 79.8 Å². The van der Waals surface area contributed by atoms with Crippen LogP contribution in [-0.2, 0) is 66.8 Å². The van der Waals surface area contributed by atoms with E-state index in [0.717, 1.165) is 41.5 Å². The molecule has 2 rings (SSSR count). The summed E-state index contributed by atoms with van der Waals surface area (Å²) in [6.45, 7) is 7.92. The molecule has 2 aromatic rings. The number of rotatable bonds is 20. The van der Waals surface area contributed by atoms with Crippen LogP contribution in [0.15, 0.2) is 0 Å². The van der Waals surface area contributed by atoms with E-state index in [-0.39, 0.29) is 81.6 Å². The van der Waals surface area contributed by atoms with Gasteiger partial charge in [-0.15, -0.1) is 0 Å². The van der Waals surface area contributed by atoms with Crippen molar-refractivity contribution in [3.8, 4) is 0 Å². The summed E-state index contributed by atoms with van der Waals surface area (Å²) in [5.41, 5.74) is -0.201. The predicted octanol–water partition coefficient (Wildman–Crippen LogP) is 5.19. The molecular weight excluding hydrogens is 1590 g/mol. The largest absolute Gasteiger partial charge is 0.462 e. The molecule has 23 nitrogen and oxygen atoms in total. The summed E-state index contributed by atoms with van der Waals surface area (Å²) in [5, 5.41) is 15.9. The van der Waals surface area contributed by atoms with Gasteiger partial charge < -0.3 is 60.3 Å². The molecule has 29 heteroatoms. The van der Waals surface area contributed by atoms with Crippen LogP contribution in [0.25, 0.3) is 0 Å². The van der Waals surface area contributed by atoms with Crippen molar-refractivity contribution in [2.75, 3.05) is 47.6 Å². The van der Waals surface area contributed by atoms with Crippen LogP contribution < -0.4 is 31.9 Å². The summed E-state index contributed by atoms with van der Waals surface area (Å²) in [6, 6.07) is -0.972. The van der Waals surface area contributed by atoms with Crippen LogP contribution in [0, 0.1) is 21.4 Å². The predicted molar refractivity (Wildman–Crippen MR) is 291 cm³/mol. The van der Waals surface area contributed by atoms with Crippen LogP contribution >= 0.6 is 136 Å². The summed E-state index contributed by atoms with van der Waals surface area (Å²) < 4.78 is 31.4. The molecule has 0 radical (unpaired) electrons. The van der Waals surface area contributed by atoms with Gasteiger partial charge in [-0.25, -0.2) is 4.79 Å². The van der Waals surface area contributed by atoms with Crippen LogP contribution in [0.3, 0.4) is 0 Å². The van der Waals surface area contributed by atoms with E-state index in [2.05, 4.69) is 31.9 Å². The Kier molecular flexibility index (Phi) is 25.6. The smallest absolute Gasteiger partial charge is 0.323 e. The number of hydrogen-bond acceptors (Lipinski definition) is 17. The van der Waals surface area contributed by atoms with Gasteiger partial charge in [0.05, 0.1) is 68.4 Å². The molecule has 0 aliphatic carbocycles. The van der Waals surface area contributed by atoms with E-state index >= 15 is 0 Å². The summed E-state index contributed by atoms with van der Waals surface area (Å²) in [5.74, 6) is -7.44. The topological polar surface area (TPSA) is 315 Å². The maximum Gasteiger partial charge on any atom is 0.323 e. The third kappa shape index (κ3) is 18.8. The van der Waals surface area contributed by atoms with E-state index in [9.17, 15) is 52.7 Å². The number of amides is 6. The van der Waals surface area contributed by atoms with Gasteiger partial charge in [-0.2, -0.15) is 0 Å². The highest BCUT2D eigenvalue weighted by atomic mass is 127. The van der Waals surface area contributed by atoms with E-state index in [4.69, 9.17) is 28.4 Å². The van der Waals surface area contributed by atoms with Crippen molar-refractivity contribution >= 4 is 224 Å². The molecule has 68 heavy (non-hydrogen) atoms. The zero-order valence-corrected chi connectivity index (χ0v) is 49.8. The highest BCUT2D eigenvalue weighted by Gasteiger charge is 2.32. The molecule has 0 fully saturated rings. The Morgan fingerprint density at radius 1 is 0.412 bits per heavy atom. The standard InChI is InChI=1S/C39H42I6N6O17/c1-13(65-17(5)54)35(58)48-31-25(40)23(37(60)46-9-21(67-19(7)56)11-63-15(3)52)27(42)33(29(31)44)50-39(62)51-34-28(43)24(38(61)47-10-22(68-20(8)57)12-64-16(4)53)26(41)32(30(34)45)49-36(59)14(2)66-18(6)55/h13-14,21-22H,9-12H2,1-8H3,(H,46,60)(H,47,61)(H,48,58)(H,49,59)(H2,50,51,62). The van der Waals surface area contributed by atoms with Crippen LogP contribution in [-0.4, -0.2) is 116 Å². The minimum absolute atomic E-state index is 0.0116. The fourth-order valence-electron chi connectivity index (χ4n) is 5.23. The average molecular weight is 1630 g/mol. The van der Waals surface area contributed by atoms with Gasteiger partial charge in [0.2, 0.25) is 0 Å². The molecule has 0 aliphatic rings. The Morgan fingerprint density at radius 2 is 0.691 bits per heavy atom. The number of hydrogen-bond donors (Lipinski definition) is 6. The van der Waals surface area contributed by atoms with Crippen molar-refractivity contribution in [2.24, 2.45) is 0 Å². The third-order valence-corrected chi connectivity index (χ3v) is 14.5. The second-order valence-corrected chi connectivity index (χ2v) is 20.2. The number of carbonyl (C=O) groups is 11. The zero-order valence-electron chi connectivity index (χ0n) is 36.8. The first-order chi connectivity index (χ1) is 31.6. The molecule has 372 valence electrons. The molecule has 2 aromatic carbocycles. The first-order valence-corrected chi connectivity index (χ1v) is 25.7. The van der Waals surface area contributed by atoms with Crippen molar-refractivity contribution < 1.29 is 81.2 Å². The zero-order chi connectivity index (χ0) is 51.9. The minimum Gasteiger partial charge on any atom is -0.462 e. The summed E-state index contributed by atoms with van der Waals surface area (Å²) in [4.78, 5) is 139. The molecule has 0 aliphatic heterocycles. The molecule has 4 atom stereocenters. The Bertz CT molecular complexity index is 2230. The van der Waals surface area contributed by atoms with Crippen molar-refractivity contribution in [1.82, 2.24) is 10.6 Å². The highest BCUT2D eigenvalue weighted by molar-refractivity contribution is 14.1. The number of nitrogens with one attached hydrogen (secondary N) is 6. The lowest BCUT2D eigenvalue weighted by atomic mass is 10.1. The molecule has 6 N–H and O–H groups in total. The molecule has 0 heterocycles. The normalized spacial score (nSPS) is 12.3. The Balaban J connectivity index is 2.80. The second-order valence-electron chi connectivity index (χ2n) is 13.7.